The summed E-state index contributed by atoms with van der Waals surface area (Å²) in [4.78, 5) is 15.6. The summed E-state index contributed by atoms with van der Waals surface area (Å²) in [5.74, 6) is 0.104. The second-order valence-electron chi connectivity index (χ2n) is 3.82. The van der Waals surface area contributed by atoms with Gasteiger partial charge in [-0.05, 0) is 12.5 Å². The standard InChI is InChI=1S/C11H15NO2S2/c1-2-8-6-12(3-4-14-8)11(13)10-5-9(15)7-16-10/h5,7-8,15H,2-4,6H2,1H3. The number of hydrogen-bond donors (Lipinski definition) is 1. The molecule has 0 saturated carbocycles. The SMILES string of the molecule is CCC1CN(C(=O)c2cc(S)cs2)CCO1. The Morgan fingerprint density at radius 2 is 2.56 bits per heavy atom. The van der Waals surface area contributed by atoms with Crippen molar-refractivity contribution in [3.8, 4) is 0 Å². The van der Waals surface area contributed by atoms with Gasteiger partial charge in [-0.2, -0.15) is 0 Å². The van der Waals surface area contributed by atoms with Crippen LogP contribution in [-0.4, -0.2) is 36.6 Å². The van der Waals surface area contributed by atoms with E-state index in [2.05, 4.69) is 19.6 Å². The number of amides is 1. The number of thiol groups is 1. The second kappa shape index (κ2) is 5.21. The Kier molecular flexibility index (Phi) is 3.89. The number of hydrogen-bond acceptors (Lipinski definition) is 4. The van der Waals surface area contributed by atoms with E-state index < -0.39 is 0 Å². The van der Waals surface area contributed by atoms with Crippen molar-refractivity contribution < 1.29 is 9.53 Å². The van der Waals surface area contributed by atoms with Crippen molar-refractivity contribution in [2.75, 3.05) is 19.7 Å². The smallest absolute Gasteiger partial charge is 0.264 e. The van der Waals surface area contributed by atoms with E-state index in [1.807, 2.05) is 16.3 Å². The van der Waals surface area contributed by atoms with Crippen molar-refractivity contribution in [2.24, 2.45) is 0 Å². The van der Waals surface area contributed by atoms with E-state index in [0.717, 1.165) is 16.2 Å². The van der Waals surface area contributed by atoms with Gasteiger partial charge in [0.05, 0.1) is 17.6 Å². The lowest BCUT2D eigenvalue weighted by molar-refractivity contribution is -0.0224. The number of ether oxygens (including phenoxy) is 1. The van der Waals surface area contributed by atoms with Gasteiger partial charge in [0.25, 0.3) is 5.91 Å². The van der Waals surface area contributed by atoms with Crippen molar-refractivity contribution in [2.45, 2.75) is 24.3 Å². The Morgan fingerprint density at radius 3 is 3.19 bits per heavy atom. The quantitative estimate of drug-likeness (QED) is 0.824. The van der Waals surface area contributed by atoms with E-state index in [0.29, 0.717) is 19.7 Å². The minimum atomic E-state index is 0.104. The predicted octanol–water partition coefficient (Wildman–Crippen LogP) is 2.29. The topological polar surface area (TPSA) is 29.5 Å². The first-order valence-electron chi connectivity index (χ1n) is 5.39. The summed E-state index contributed by atoms with van der Waals surface area (Å²) in [6.45, 7) is 4.11. The van der Waals surface area contributed by atoms with Crippen LogP contribution in [0.25, 0.3) is 0 Å². The van der Waals surface area contributed by atoms with E-state index in [4.69, 9.17) is 4.74 Å². The third-order valence-electron chi connectivity index (χ3n) is 2.68. The Balaban J connectivity index is 2.04. The average molecular weight is 257 g/mol. The molecule has 1 unspecified atom stereocenters. The molecule has 1 aromatic heterocycles. The molecule has 1 aliphatic heterocycles. The molecule has 2 heterocycles. The first-order valence-corrected chi connectivity index (χ1v) is 6.71. The zero-order chi connectivity index (χ0) is 11.5. The molecule has 1 saturated heterocycles. The normalized spacial score (nSPS) is 21.1. The molecule has 88 valence electrons. The van der Waals surface area contributed by atoms with Crippen LogP contribution in [0.3, 0.4) is 0 Å². The van der Waals surface area contributed by atoms with E-state index in [1.165, 1.54) is 11.3 Å². The molecule has 16 heavy (non-hydrogen) atoms. The summed E-state index contributed by atoms with van der Waals surface area (Å²) in [6, 6.07) is 1.83. The van der Waals surface area contributed by atoms with E-state index >= 15 is 0 Å². The van der Waals surface area contributed by atoms with Crippen LogP contribution in [0.5, 0.6) is 0 Å². The maximum atomic E-state index is 12.1. The summed E-state index contributed by atoms with van der Waals surface area (Å²) in [6.07, 6.45) is 1.14. The monoisotopic (exact) mass is 257 g/mol. The Bertz CT molecular complexity index is 378. The van der Waals surface area contributed by atoms with Crippen LogP contribution in [0.1, 0.15) is 23.0 Å². The molecule has 0 spiro atoms. The van der Waals surface area contributed by atoms with Gasteiger partial charge in [0.1, 0.15) is 0 Å². The molecular weight excluding hydrogens is 242 g/mol. The number of nitrogens with zero attached hydrogens (tertiary/aromatic N) is 1. The van der Waals surface area contributed by atoms with Gasteiger partial charge in [-0.1, -0.05) is 6.92 Å². The van der Waals surface area contributed by atoms with Gasteiger partial charge in [0.2, 0.25) is 0 Å². The Labute approximate surface area is 105 Å². The highest BCUT2D eigenvalue weighted by atomic mass is 32.1. The van der Waals surface area contributed by atoms with Crippen LogP contribution in [0.15, 0.2) is 16.3 Å². The molecular formula is C11H15NO2S2. The molecule has 0 N–H and O–H groups in total. The van der Waals surface area contributed by atoms with Crippen LogP contribution in [0, 0.1) is 0 Å². The zero-order valence-corrected chi connectivity index (χ0v) is 10.9. The fourth-order valence-electron chi connectivity index (χ4n) is 1.74. The van der Waals surface area contributed by atoms with Gasteiger partial charge >= 0.3 is 0 Å². The van der Waals surface area contributed by atoms with Gasteiger partial charge in [-0.15, -0.1) is 24.0 Å². The minimum Gasteiger partial charge on any atom is -0.375 e. The van der Waals surface area contributed by atoms with Gasteiger partial charge in [0, 0.05) is 23.4 Å². The fourth-order valence-corrected chi connectivity index (χ4v) is 2.86. The summed E-state index contributed by atoms with van der Waals surface area (Å²) < 4.78 is 5.54. The predicted molar refractivity (Wildman–Crippen MR) is 67.5 cm³/mol. The maximum Gasteiger partial charge on any atom is 0.264 e. The molecule has 3 nitrogen and oxygen atoms in total. The summed E-state index contributed by atoms with van der Waals surface area (Å²) in [5, 5.41) is 1.88. The Hall–Kier alpha value is -0.520. The highest BCUT2D eigenvalue weighted by Gasteiger charge is 2.24. The molecule has 1 amide bonds. The van der Waals surface area contributed by atoms with Gasteiger partial charge < -0.3 is 9.64 Å². The summed E-state index contributed by atoms with van der Waals surface area (Å²) >= 11 is 5.67. The number of morpholine rings is 1. The van der Waals surface area contributed by atoms with Crippen molar-refractivity contribution in [1.82, 2.24) is 4.90 Å². The summed E-state index contributed by atoms with van der Waals surface area (Å²) in [7, 11) is 0. The fraction of sp³-hybridized carbons (Fsp3) is 0.545. The highest BCUT2D eigenvalue weighted by molar-refractivity contribution is 7.80. The molecule has 5 heteroatoms. The average Bonchev–Trinajstić information content (AvgIpc) is 2.75. The van der Waals surface area contributed by atoms with E-state index in [1.54, 1.807) is 0 Å². The first-order chi connectivity index (χ1) is 7.70. The van der Waals surface area contributed by atoms with Gasteiger partial charge in [-0.3, -0.25) is 4.79 Å². The molecule has 0 aliphatic carbocycles. The van der Waals surface area contributed by atoms with Crippen LogP contribution in [0.4, 0.5) is 0 Å². The lowest BCUT2D eigenvalue weighted by Crippen LogP contribution is -2.45. The highest BCUT2D eigenvalue weighted by Crippen LogP contribution is 2.20. The Morgan fingerprint density at radius 1 is 1.75 bits per heavy atom. The summed E-state index contributed by atoms with van der Waals surface area (Å²) in [5.41, 5.74) is 0. The largest absolute Gasteiger partial charge is 0.375 e. The van der Waals surface area contributed by atoms with Crippen LogP contribution in [0.2, 0.25) is 0 Å². The van der Waals surface area contributed by atoms with Crippen molar-refractivity contribution in [1.29, 1.82) is 0 Å². The third-order valence-corrected chi connectivity index (χ3v) is 4.03. The maximum absolute atomic E-state index is 12.1. The van der Waals surface area contributed by atoms with Crippen LogP contribution >= 0.6 is 24.0 Å². The van der Waals surface area contributed by atoms with E-state index in [-0.39, 0.29) is 12.0 Å². The van der Waals surface area contributed by atoms with E-state index in [9.17, 15) is 4.79 Å². The van der Waals surface area contributed by atoms with Crippen molar-refractivity contribution in [3.05, 3.63) is 16.3 Å². The number of carbonyl (C=O) groups is 1. The number of carbonyl (C=O) groups excluding carboxylic acids is 1. The second-order valence-corrected chi connectivity index (χ2v) is 5.25. The first kappa shape index (κ1) is 12.0. The molecule has 1 aliphatic rings. The minimum absolute atomic E-state index is 0.104. The molecule has 0 bridgehead atoms. The van der Waals surface area contributed by atoms with Crippen molar-refractivity contribution >= 4 is 29.9 Å². The number of thiophene rings is 1. The van der Waals surface area contributed by atoms with Crippen LogP contribution in [-0.2, 0) is 4.74 Å². The molecule has 2 rings (SSSR count). The number of rotatable bonds is 2. The molecule has 0 radical (unpaired) electrons. The molecule has 1 aromatic rings. The van der Waals surface area contributed by atoms with Crippen molar-refractivity contribution in [3.63, 3.8) is 0 Å². The lowest BCUT2D eigenvalue weighted by Gasteiger charge is -2.32. The van der Waals surface area contributed by atoms with Gasteiger partial charge in [-0.25, -0.2) is 0 Å². The zero-order valence-electron chi connectivity index (χ0n) is 9.18. The third kappa shape index (κ3) is 2.59. The van der Waals surface area contributed by atoms with Gasteiger partial charge in [0.15, 0.2) is 0 Å². The lowest BCUT2D eigenvalue weighted by atomic mass is 10.2. The molecule has 1 atom stereocenters. The molecule has 1 fully saturated rings. The van der Waals surface area contributed by atoms with Crippen LogP contribution < -0.4 is 0 Å². The molecule has 0 aromatic carbocycles.